The van der Waals surface area contributed by atoms with E-state index in [1.54, 1.807) is 20.8 Å². The number of rotatable bonds is 8. The summed E-state index contributed by atoms with van der Waals surface area (Å²) >= 11 is 18.9. The third kappa shape index (κ3) is 7.65. The smallest absolute Gasteiger partial charge is 0.410 e. The van der Waals surface area contributed by atoms with E-state index in [1.807, 2.05) is 13.8 Å². The number of carbonyl (C=O) groups is 2. The first-order valence-corrected chi connectivity index (χ1v) is 12.1. The minimum atomic E-state index is -0.680. The number of anilines is 2. The number of hydrogen-bond donors (Lipinski definition) is 1. The molecule has 3 amide bonds. The monoisotopic (exact) mass is 561 g/mol. The summed E-state index contributed by atoms with van der Waals surface area (Å²) in [6.45, 7) is 9.19. The van der Waals surface area contributed by atoms with Crippen molar-refractivity contribution in [1.29, 1.82) is 0 Å². The third-order valence-electron chi connectivity index (χ3n) is 4.76. The lowest BCUT2D eigenvalue weighted by Gasteiger charge is -2.32. The van der Waals surface area contributed by atoms with E-state index in [0.29, 0.717) is 0 Å². The standard InChI is InChI=1S/C23H30Cl3N5O5/c1-13(2)30(22(33)36-23(3,4)5)8-9-31(17-11-16(24)27-12-28-17)21(32)29-20-18(25)14(34-6)10-15(35-7)19(20)26/h10-13H,8-9H2,1-7H3,(H,29,32). The molecule has 13 heteroatoms. The molecule has 0 saturated carbocycles. The fourth-order valence-electron chi connectivity index (χ4n) is 3.05. The Kier molecular flexibility index (Phi) is 10.3. The van der Waals surface area contributed by atoms with Gasteiger partial charge in [-0.25, -0.2) is 19.6 Å². The molecule has 0 spiro atoms. The van der Waals surface area contributed by atoms with Gasteiger partial charge < -0.3 is 24.4 Å². The molecule has 198 valence electrons. The average Bonchev–Trinajstić information content (AvgIpc) is 2.78. The number of halogens is 3. The Morgan fingerprint density at radius 2 is 1.58 bits per heavy atom. The maximum Gasteiger partial charge on any atom is 0.410 e. The third-order valence-corrected chi connectivity index (χ3v) is 5.72. The van der Waals surface area contributed by atoms with Crippen LogP contribution in [-0.4, -0.2) is 65.9 Å². The van der Waals surface area contributed by atoms with E-state index >= 15 is 0 Å². The number of nitrogens with zero attached hydrogens (tertiary/aromatic N) is 4. The van der Waals surface area contributed by atoms with Crippen molar-refractivity contribution < 1.29 is 23.8 Å². The Bertz CT molecular complexity index is 1070. The Balaban J connectivity index is 2.41. The second-order valence-corrected chi connectivity index (χ2v) is 9.98. The van der Waals surface area contributed by atoms with Crippen LogP contribution in [0.1, 0.15) is 34.6 Å². The van der Waals surface area contributed by atoms with Crippen molar-refractivity contribution in [2.75, 3.05) is 37.5 Å². The van der Waals surface area contributed by atoms with Gasteiger partial charge in [0.05, 0.1) is 19.9 Å². The van der Waals surface area contributed by atoms with Crippen LogP contribution in [0.3, 0.4) is 0 Å². The van der Waals surface area contributed by atoms with Crippen molar-refractivity contribution in [3.05, 3.63) is 33.7 Å². The van der Waals surface area contributed by atoms with Gasteiger partial charge in [-0.2, -0.15) is 0 Å². The van der Waals surface area contributed by atoms with E-state index in [0.717, 1.165) is 0 Å². The zero-order chi connectivity index (χ0) is 27.2. The van der Waals surface area contributed by atoms with E-state index in [1.165, 1.54) is 42.5 Å². The molecule has 2 aromatic rings. The van der Waals surface area contributed by atoms with E-state index in [2.05, 4.69) is 15.3 Å². The van der Waals surface area contributed by atoms with Crippen molar-refractivity contribution in [2.45, 2.75) is 46.3 Å². The van der Waals surface area contributed by atoms with Crippen LogP contribution in [0.2, 0.25) is 15.2 Å². The van der Waals surface area contributed by atoms with Crippen LogP contribution in [0.5, 0.6) is 11.5 Å². The van der Waals surface area contributed by atoms with Crippen LogP contribution >= 0.6 is 34.8 Å². The van der Waals surface area contributed by atoms with Gasteiger partial charge in [-0.3, -0.25) is 4.90 Å². The van der Waals surface area contributed by atoms with Crippen LogP contribution in [0.15, 0.2) is 18.5 Å². The van der Waals surface area contributed by atoms with Gasteiger partial charge in [0.25, 0.3) is 0 Å². The lowest BCUT2D eigenvalue weighted by Crippen LogP contribution is -2.47. The number of aromatic nitrogens is 2. The molecule has 2 rings (SSSR count). The van der Waals surface area contributed by atoms with Gasteiger partial charge in [0.15, 0.2) is 0 Å². The largest absolute Gasteiger partial charge is 0.495 e. The Labute approximate surface area is 225 Å². The Morgan fingerprint density at radius 3 is 2.06 bits per heavy atom. The zero-order valence-electron chi connectivity index (χ0n) is 21.2. The maximum absolute atomic E-state index is 13.5. The Hall–Kier alpha value is -2.69. The highest BCUT2D eigenvalue weighted by Crippen LogP contribution is 2.44. The number of amides is 3. The average molecular weight is 563 g/mol. The summed E-state index contributed by atoms with van der Waals surface area (Å²) in [6, 6.07) is 2.08. The lowest BCUT2D eigenvalue weighted by atomic mass is 10.2. The Morgan fingerprint density at radius 1 is 1.00 bits per heavy atom. The summed E-state index contributed by atoms with van der Waals surface area (Å²) in [6.07, 6.45) is 0.711. The second kappa shape index (κ2) is 12.5. The summed E-state index contributed by atoms with van der Waals surface area (Å²) in [7, 11) is 2.85. The van der Waals surface area contributed by atoms with Gasteiger partial charge in [0.1, 0.15) is 44.4 Å². The van der Waals surface area contributed by atoms with Gasteiger partial charge in [-0.15, -0.1) is 0 Å². The van der Waals surface area contributed by atoms with Crippen LogP contribution in [0.25, 0.3) is 0 Å². The van der Waals surface area contributed by atoms with Crippen LogP contribution in [0, 0.1) is 0 Å². The molecule has 1 aromatic carbocycles. The number of ether oxygens (including phenoxy) is 3. The molecular weight excluding hydrogens is 533 g/mol. The van der Waals surface area contributed by atoms with Crippen molar-refractivity contribution >= 4 is 58.4 Å². The van der Waals surface area contributed by atoms with Crippen molar-refractivity contribution in [2.24, 2.45) is 0 Å². The second-order valence-electron chi connectivity index (χ2n) is 8.83. The van der Waals surface area contributed by atoms with Crippen molar-refractivity contribution in [1.82, 2.24) is 14.9 Å². The number of nitrogens with one attached hydrogen (secondary N) is 1. The van der Waals surface area contributed by atoms with Gasteiger partial charge >= 0.3 is 12.1 Å². The molecule has 0 aliphatic carbocycles. The molecule has 36 heavy (non-hydrogen) atoms. The topological polar surface area (TPSA) is 106 Å². The van der Waals surface area contributed by atoms with Crippen LogP contribution in [0.4, 0.5) is 21.1 Å². The molecule has 0 bridgehead atoms. The minimum Gasteiger partial charge on any atom is -0.495 e. The molecule has 0 saturated heterocycles. The van der Waals surface area contributed by atoms with E-state index in [4.69, 9.17) is 49.0 Å². The number of urea groups is 1. The molecule has 1 heterocycles. The van der Waals surface area contributed by atoms with Gasteiger partial charge in [0, 0.05) is 31.3 Å². The summed E-state index contributed by atoms with van der Waals surface area (Å²) in [5.74, 6) is 0.698. The lowest BCUT2D eigenvalue weighted by molar-refractivity contribution is 0.0197. The highest BCUT2D eigenvalue weighted by Gasteiger charge is 2.28. The molecule has 0 unspecified atom stereocenters. The summed E-state index contributed by atoms with van der Waals surface area (Å²) < 4.78 is 16.0. The molecule has 0 fully saturated rings. The first kappa shape index (κ1) is 29.5. The molecular formula is C23H30Cl3N5O5. The van der Waals surface area contributed by atoms with Crippen molar-refractivity contribution in [3.8, 4) is 11.5 Å². The molecule has 0 atom stereocenters. The quantitative estimate of drug-likeness (QED) is 0.385. The maximum atomic E-state index is 13.5. The predicted octanol–water partition coefficient (Wildman–Crippen LogP) is 6.14. The van der Waals surface area contributed by atoms with E-state index < -0.39 is 17.7 Å². The molecule has 0 radical (unpaired) electrons. The molecule has 0 aliphatic heterocycles. The summed E-state index contributed by atoms with van der Waals surface area (Å²) in [4.78, 5) is 37.1. The fraction of sp³-hybridized carbons (Fsp3) is 0.478. The zero-order valence-corrected chi connectivity index (χ0v) is 23.5. The summed E-state index contributed by atoms with van der Waals surface area (Å²) in [5, 5.41) is 2.98. The number of benzene rings is 1. The predicted molar refractivity (Wildman–Crippen MR) is 141 cm³/mol. The molecule has 10 nitrogen and oxygen atoms in total. The van der Waals surface area contributed by atoms with Gasteiger partial charge in [0.2, 0.25) is 0 Å². The highest BCUT2D eigenvalue weighted by molar-refractivity contribution is 6.41. The summed E-state index contributed by atoms with van der Waals surface area (Å²) in [5.41, 5.74) is -0.599. The molecule has 0 aliphatic rings. The SMILES string of the molecule is COc1cc(OC)c(Cl)c(NC(=O)N(CCN(C(=O)OC(C)(C)C)C(C)C)c2cc(Cl)ncn2)c1Cl. The first-order chi connectivity index (χ1) is 16.8. The van der Waals surface area contributed by atoms with E-state index in [9.17, 15) is 9.59 Å². The molecule has 1 aromatic heterocycles. The normalized spacial score (nSPS) is 11.2. The fourth-order valence-corrected chi connectivity index (χ4v) is 3.79. The highest BCUT2D eigenvalue weighted by atomic mass is 35.5. The van der Waals surface area contributed by atoms with Crippen molar-refractivity contribution in [3.63, 3.8) is 0 Å². The number of methoxy groups -OCH3 is 2. The van der Waals surface area contributed by atoms with Crippen LogP contribution < -0.4 is 19.7 Å². The van der Waals surface area contributed by atoms with Gasteiger partial charge in [-0.1, -0.05) is 34.8 Å². The van der Waals surface area contributed by atoms with Gasteiger partial charge in [-0.05, 0) is 34.6 Å². The number of carbonyl (C=O) groups excluding carboxylic acids is 2. The molecule has 1 N–H and O–H groups in total. The van der Waals surface area contributed by atoms with E-state index in [-0.39, 0.29) is 57.3 Å². The number of hydrogen-bond acceptors (Lipinski definition) is 7. The first-order valence-electron chi connectivity index (χ1n) is 10.9. The minimum absolute atomic E-state index is 0.0347. The van der Waals surface area contributed by atoms with Crippen LogP contribution in [-0.2, 0) is 4.74 Å².